The van der Waals surface area contributed by atoms with Crippen LogP contribution in [0.1, 0.15) is 5.69 Å². The van der Waals surface area contributed by atoms with E-state index >= 15 is 0 Å². The number of aromatic nitrogens is 1. The van der Waals surface area contributed by atoms with Gasteiger partial charge < -0.3 is 15.4 Å². The summed E-state index contributed by atoms with van der Waals surface area (Å²) in [5.41, 5.74) is 7.59. The maximum atomic E-state index is 11.6. The van der Waals surface area contributed by atoms with Gasteiger partial charge in [0.2, 0.25) is 5.91 Å². The summed E-state index contributed by atoms with van der Waals surface area (Å²) in [5.74, 6) is 0.880. The number of amides is 1. The number of thiazole rings is 1. The van der Waals surface area contributed by atoms with E-state index in [0.29, 0.717) is 0 Å². The fourth-order valence-corrected chi connectivity index (χ4v) is 3.58. The van der Waals surface area contributed by atoms with E-state index < -0.39 is 0 Å². The fraction of sp³-hybridized carbons (Fsp3) is 0.412. The molecular weight excluding hydrogens is 324 g/mol. The Morgan fingerprint density at radius 2 is 1.96 bits per heavy atom. The lowest BCUT2D eigenvalue weighted by Gasteiger charge is -2.34. The number of methoxy groups -OCH3 is 1. The topological polar surface area (TPSA) is 71.7 Å². The summed E-state index contributed by atoms with van der Waals surface area (Å²) >= 11 is 1.65. The smallest absolute Gasteiger partial charge is 0.236 e. The molecule has 0 unspecified atom stereocenters. The standard InChI is InChI=1S/C17H22N4O2S/c1-23-15-4-2-13(3-5-15)17-19-14(12-24-17)11-20-6-8-21(9-7-20)16(22)10-18/h2-5,12H,6-11,18H2,1H3. The molecule has 0 bridgehead atoms. The van der Waals surface area contributed by atoms with Crippen molar-refractivity contribution in [2.75, 3.05) is 39.8 Å². The molecule has 3 rings (SSSR count). The first kappa shape index (κ1) is 16.9. The van der Waals surface area contributed by atoms with E-state index in [9.17, 15) is 4.79 Å². The molecule has 0 atom stereocenters. The van der Waals surface area contributed by atoms with Gasteiger partial charge in [-0.2, -0.15) is 0 Å². The highest BCUT2D eigenvalue weighted by Crippen LogP contribution is 2.26. The third-order valence-electron chi connectivity index (χ3n) is 4.17. The van der Waals surface area contributed by atoms with Crippen molar-refractivity contribution in [1.29, 1.82) is 0 Å². The molecular formula is C17H22N4O2S. The highest BCUT2D eigenvalue weighted by atomic mass is 32.1. The van der Waals surface area contributed by atoms with Crippen LogP contribution in [0.5, 0.6) is 5.75 Å². The number of piperazine rings is 1. The predicted octanol–water partition coefficient (Wildman–Crippen LogP) is 1.42. The number of carbonyl (C=O) groups is 1. The van der Waals surface area contributed by atoms with Gasteiger partial charge in [-0.15, -0.1) is 11.3 Å². The summed E-state index contributed by atoms with van der Waals surface area (Å²) in [7, 11) is 1.66. The molecule has 2 aromatic rings. The van der Waals surface area contributed by atoms with Crippen LogP contribution in [0.15, 0.2) is 29.6 Å². The summed E-state index contributed by atoms with van der Waals surface area (Å²) in [6.45, 7) is 4.12. The van der Waals surface area contributed by atoms with Crippen LogP contribution in [0.4, 0.5) is 0 Å². The van der Waals surface area contributed by atoms with E-state index in [1.807, 2.05) is 29.2 Å². The van der Waals surface area contributed by atoms with Crippen molar-refractivity contribution in [1.82, 2.24) is 14.8 Å². The number of hydrogen-bond donors (Lipinski definition) is 1. The summed E-state index contributed by atoms with van der Waals surface area (Å²) in [6, 6.07) is 7.95. The fourth-order valence-electron chi connectivity index (χ4n) is 2.76. The largest absolute Gasteiger partial charge is 0.497 e. The predicted molar refractivity (Wildman–Crippen MR) is 95.0 cm³/mol. The van der Waals surface area contributed by atoms with Gasteiger partial charge in [0.05, 0.1) is 19.3 Å². The van der Waals surface area contributed by atoms with Crippen LogP contribution in [-0.4, -0.2) is 60.5 Å². The molecule has 1 fully saturated rings. The zero-order chi connectivity index (χ0) is 16.9. The molecule has 2 N–H and O–H groups in total. The second kappa shape index (κ2) is 7.74. The first-order valence-corrected chi connectivity index (χ1v) is 8.86. The lowest BCUT2D eigenvalue weighted by atomic mass is 10.2. The summed E-state index contributed by atoms with van der Waals surface area (Å²) in [5, 5.41) is 3.13. The van der Waals surface area contributed by atoms with Crippen molar-refractivity contribution in [2.45, 2.75) is 6.54 Å². The first-order valence-electron chi connectivity index (χ1n) is 7.98. The number of benzene rings is 1. The van der Waals surface area contributed by atoms with Crippen molar-refractivity contribution < 1.29 is 9.53 Å². The van der Waals surface area contributed by atoms with Crippen LogP contribution in [0, 0.1) is 0 Å². The molecule has 1 aliphatic rings. The minimum atomic E-state index is 0.0325. The number of hydrogen-bond acceptors (Lipinski definition) is 6. The van der Waals surface area contributed by atoms with Crippen LogP contribution in [0.3, 0.4) is 0 Å². The number of ether oxygens (including phenoxy) is 1. The minimum absolute atomic E-state index is 0.0325. The van der Waals surface area contributed by atoms with Crippen LogP contribution in [0.25, 0.3) is 10.6 Å². The molecule has 0 aliphatic carbocycles. The van der Waals surface area contributed by atoms with Crippen molar-refractivity contribution in [3.63, 3.8) is 0 Å². The average molecular weight is 346 g/mol. The second-order valence-corrected chi connectivity index (χ2v) is 6.59. The van der Waals surface area contributed by atoms with E-state index in [2.05, 4.69) is 10.3 Å². The lowest BCUT2D eigenvalue weighted by Crippen LogP contribution is -2.49. The van der Waals surface area contributed by atoms with Gasteiger partial charge in [-0.25, -0.2) is 4.98 Å². The van der Waals surface area contributed by atoms with Gasteiger partial charge in [0.15, 0.2) is 0 Å². The molecule has 24 heavy (non-hydrogen) atoms. The molecule has 1 amide bonds. The van der Waals surface area contributed by atoms with E-state index in [1.165, 1.54) is 0 Å². The van der Waals surface area contributed by atoms with Crippen molar-refractivity contribution >= 4 is 17.2 Å². The number of carbonyl (C=O) groups excluding carboxylic acids is 1. The third-order valence-corrected chi connectivity index (χ3v) is 5.11. The summed E-state index contributed by atoms with van der Waals surface area (Å²) < 4.78 is 5.18. The molecule has 1 aromatic heterocycles. The van der Waals surface area contributed by atoms with Gasteiger partial charge in [0.25, 0.3) is 0 Å². The quantitative estimate of drug-likeness (QED) is 0.887. The highest BCUT2D eigenvalue weighted by molar-refractivity contribution is 7.13. The molecule has 1 aliphatic heterocycles. The summed E-state index contributed by atoms with van der Waals surface area (Å²) in [4.78, 5) is 20.5. The average Bonchev–Trinajstić information content (AvgIpc) is 3.10. The highest BCUT2D eigenvalue weighted by Gasteiger charge is 2.20. The zero-order valence-electron chi connectivity index (χ0n) is 13.8. The van der Waals surface area contributed by atoms with Crippen molar-refractivity contribution in [2.24, 2.45) is 5.73 Å². The van der Waals surface area contributed by atoms with Crippen molar-refractivity contribution in [3.8, 4) is 16.3 Å². The lowest BCUT2D eigenvalue weighted by molar-refractivity contribution is -0.131. The molecule has 1 saturated heterocycles. The normalized spacial score (nSPS) is 15.5. The second-order valence-electron chi connectivity index (χ2n) is 5.73. The van der Waals surface area contributed by atoms with E-state index in [-0.39, 0.29) is 12.5 Å². The Hall–Kier alpha value is -1.96. The monoisotopic (exact) mass is 346 g/mol. The Bertz CT molecular complexity index is 678. The molecule has 1 aromatic carbocycles. The van der Waals surface area contributed by atoms with Gasteiger partial charge >= 0.3 is 0 Å². The maximum absolute atomic E-state index is 11.6. The Morgan fingerprint density at radius 1 is 1.25 bits per heavy atom. The Balaban J connectivity index is 1.57. The van der Waals surface area contributed by atoms with Crippen LogP contribution < -0.4 is 10.5 Å². The Kier molecular flexibility index (Phi) is 5.44. The van der Waals surface area contributed by atoms with Gasteiger partial charge in [-0.3, -0.25) is 9.69 Å². The number of nitrogens with two attached hydrogens (primary N) is 1. The molecule has 128 valence electrons. The van der Waals surface area contributed by atoms with Crippen LogP contribution >= 0.6 is 11.3 Å². The van der Waals surface area contributed by atoms with Gasteiger partial charge in [0, 0.05) is 43.7 Å². The molecule has 0 saturated carbocycles. The SMILES string of the molecule is COc1ccc(-c2nc(CN3CCN(C(=O)CN)CC3)cs2)cc1. The van der Waals surface area contributed by atoms with Gasteiger partial charge in [0.1, 0.15) is 10.8 Å². The molecule has 0 spiro atoms. The van der Waals surface area contributed by atoms with E-state index in [0.717, 1.165) is 54.7 Å². The minimum Gasteiger partial charge on any atom is -0.497 e. The van der Waals surface area contributed by atoms with Crippen LogP contribution in [-0.2, 0) is 11.3 Å². The molecule has 7 heteroatoms. The third kappa shape index (κ3) is 3.92. The maximum Gasteiger partial charge on any atom is 0.236 e. The number of nitrogens with zero attached hydrogens (tertiary/aromatic N) is 3. The van der Waals surface area contributed by atoms with Crippen LogP contribution in [0.2, 0.25) is 0 Å². The zero-order valence-corrected chi connectivity index (χ0v) is 14.6. The Morgan fingerprint density at radius 3 is 2.58 bits per heavy atom. The molecule has 0 radical (unpaired) electrons. The van der Waals surface area contributed by atoms with Gasteiger partial charge in [-0.05, 0) is 24.3 Å². The Labute approximate surface area is 145 Å². The molecule has 2 heterocycles. The first-order chi connectivity index (χ1) is 11.7. The molecule has 6 nitrogen and oxygen atoms in total. The van der Waals surface area contributed by atoms with E-state index in [1.54, 1.807) is 18.4 Å². The summed E-state index contributed by atoms with van der Waals surface area (Å²) in [6.07, 6.45) is 0. The van der Waals surface area contributed by atoms with Crippen molar-refractivity contribution in [3.05, 3.63) is 35.3 Å². The number of rotatable bonds is 5. The van der Waals surface area contributed by atoms with Gasteiger partial charge in [-0.1, -0.05) is 0 Å². The van der Waals surface area contributed by atoms with E-state index in [4.69, 9.17) is 15.5 Å².